The summed E-state index contributed by atoms with van der Waals surface area (Å²) in [4.78, 5) is 35.0. The second kappa shape index (κ2) is 49.7. The zero-order valence-electron chi connectivity index (χ0n) is 69.6. The van der Waals surface area contributed by atoms with Crippen LogP contribution in [0.3, 0.4) is 0 Å². The fourth-order valence-electron chi connectivity index (χ4n) is 12.6. The Labute approximate surface area is 774 Å². The predicted molar refractivity (Wildman–Crippen MR) is 488 cm³/mol. The average Bonchev–Trinajstić information content (AvgIpc) is 0.808. The van der Waals surface area contributed by atoms with Gasteiger partial charge in [0.25, 0.3) is 0 Å². The molecule has 0 aliphatic rings. The maximum atomic E-state index is 4.49. The molecular formula is C110H90Ir4N8-8. The van der Waals surface area contributed by atoms with Crippen molar-refractivity contribution >= 4 is 32.3 Å². The Morgan fingerprint density at radius 3 is 0.746 bits per heavy atom. The zero-order valence-corrected chi connectivity index (χ0v) is 79.1. The topological polar surface area (TPSA) is 103 Å². The van der Waals surface area contributed by atoms with Crippen molar-refractivity contribution in [3.8, 4) is 90.1 Å². The summed E-state index contributed by atoms with van der Waals surface area (Å²) >= 11 is 0. The third kappa shape index (κ3) is 28.9. The number of hydrogen-bond acceptors (Lipinski definition) is 8. The molecule has 0 aliphatic carbocycles. The molecule has 19 rings (SSSR count). The van der Waals surface area contributed by atoms with Crippen LogP contribution in [0, 0.1) is 118 Å². The Morgan fingerprint density at radius 1 is 0.172 bits per heavy atom. The number of aryl methyl sites for hydroxylation is 10. The molecule has 0 amide bonds. The van der Waals surface area contributed by atoms with E-state index in [0.29, 0.717) is 0 Å². The second-order valence-electron chi connectivity index (χ2n) is 28.5. The molecule has 0 spiro atoms. The SMILES string of the molecule is Cc1cc[c-]c(-c2cc(C)ccn2)c1.Cc1cc[c-]c(-c2ccccn2)c1.Cc1cc[c-]c(-c2ccccn2)c1.Cc1cc[c-]c(-c2nccc3ccccc23)c1.Cc1cc[c-]c(-c2nccc3ccccc23)c1.Cc1cc[c-]c(-c2nccc3ccccc23)c1.Cc1ccc(-c2[c-]ccc(C)c2)nc1.Cc1ccc(-c2[c-]cccc2)nc1.[Ir].[Ir].[Ir].[Ir]. The molecule has 8 aromatic heterocycles. The van der Waals surface area contributed by atoms with Gasteiger partial charge in [-0.15, -0.1) is 284 Å². The molecule has 0 bridgehead atoms. The van der Waals surface area contributed by atoms with E-state index >= 15 is 0 Å². The predicted octanol–water partition coefficient (Wildman–Crippen LogP) is 26.9. The maximum absolute atomic E-state index is 4.49. The summed E-state index contributed by atoms with van der Waals surface area (Å²) in [5.74, 6) is 0. The van der Waals surface area contributed by atoms with Gasteiger partial charge in [0.05, 0.1) is 0 Å². The van der Waals surface area contributed by atoms with Crippen LogP contribution < -0.4 is 0 Å². The molecule has 8 heterocycles. The van der Waals surface area contributed by atoms with Crippen LogP contribution in [0.4, 0.5) is 0 Å². The normalized spacial score (nSPS) is 9.95. The average molecular weight is 2290 g/mol. The minimum Gasteiger partial charge on any atom is -0.305 e. The molecule has 0 fully saturated rings. The smallest absolute Gasteiger partial charge is 0.0190 e. The Kier molecular flexibility index (Phi) is 38.9. The van der Waals surface area contributed by atoms with E-state index in [1.54, 1.807) is 12.4 Å². The minimum atomic E-state index is 0. The first-order chi connectivity index (χ1) is 57.6. The molecule has 0 unspecified atom stereocenters. The third-order valence-corrected chi connectivity index (χ3v) is 18.6. The van der Waals surface area contributed by atoms with Crippen molar-refractivity contribution < 1.29 is 80.4 Å². The van der Waals surface area contributed by atoms with E-state index in [9.17, 15) is 0 Å². The Morgan fingerprint density at radius 2 is 0.443 bits per heavy atom. The molecule has 19 aromatic rings. The van der Waals surface area contributed by atoms with Gasteiger partial charge in [-0.1, -0.05) is 181 Å². The van der Waals surface area contributed by atoms with Crippen molar-refractivity contribution in [3.63, 3.8) is 0 Å². The number of fused-ring (bicyclic) bond motifs is 3. The Bertz CT molecular complexity index is 5970. The molecule has 4 radical (unpaired) electrons. The molecule has 0 aliphatic heterocycles. The number of aromatic nitrogens is 8. The van der Waals surface area contributed by atoms with Crippen LogP contribution in [0.5, 0.6) is 0 Å². The van der Waals surface area contributed by atoms with Crippen molar-refractivity contribution in [2.24, 2.45) is 0 Å². The van der Waals surface area contributed by atoms with Gasteiger partial charge in [-0.05, 0) is 146 Å². The largest absolute Gasteiger partial charge is 0.305 e. The molecule has 0 saturated heterocycles. The number of nitrogens with zero attached hydrogens (tertiary/aromatic N) is 8. The van der Waals surface area contributed by atoms with Gasteiger partial charge in [-0.3, -0.25) is 0 Å². The maximum Gasteiger partial charge on any atom is 0.0190 e. The molecule has 12 heteroatoms. The molecule has 0 atom stereocenters. The molecule has 122 heavy (non-hydrogen) atoms. The summed E-state index contributed by atoms with van der Waals surface area (Å²) in [6.45, 7) is 20.7. The van der Waals surface area contributed by atoms with E-state index in [-0.39, 0.29) is 80.4 Å². The standard InChI is InChI=1S/3C16H12N.2C13H12N.3C12H10N.4Ir/c3*1-12-5-4-7-14(11-12)16-15-8-3-2-6-13(15)9-10-17-16;1-10-4-3-5-12(8-10)13-9-11(2)6-7-14-13;1-10-4-3-5-12(8-10)13-7-6-11(2)9-14-13;2*1-10-5-4-6-11(9-10)12-7-2-3-8-13-12;1-10-7-8-12(13-9-10)11-5-3-2-4-6-11;;;;/h3*2-6,8-11H,1H3;2*3-4,6-9H,1-2H3;3*2-5,7-9H,1H3;;;;/q8*-1;;;;. The summed E-state index contributed by atoms with van der Waals surface area (Å²) in [6, 6.07) is 131. The van der Waals surface area contributed by atoms with E-state index in [1.165, 1.54) is 88.0 Å². The monoisotopic (exact) mass is 2290 g/mol. The van der Waals surface area contributed by atoms with Gasteiger partial charge in [0.2, 0.25) is 0 Å². The Balaban J connectivity index is 0.000000173. The van der Waals surface area contributed by atoms with Crippen LogP contribution in [0.15, 0.2) is 365 Å². The van der Waals surface area contributed by atoms with Crippen LogP contribution >= 0.6 is 0 Å². The summed E-state index contributed by atoms with van der Waals surface area (Å²) in [6.07, 6.45) is 14.7. The Hall–Kier alpha value is -12.0. The van der Waals surface area contributed by atoms with E-state index in [0.717, 1.165) is 90.1 Å². The molecule has 0 N–H and O–H groups in total. The fourth-order valence-corrected chi connectivity index (χ4v) is 12.6. The van der Waals surface area contributed by atoms with Crippen molar-refractivity contribution in [1.82, 2.24) is 39.9 Å². The van der Waals surface area contributed by atoms with Gasteiger partial charge in [-0.2, -0.15) is 0 Å². The molecule has 8 nitrogen and oxygen atoms in total. The van der Waals surface area contributed by atoms with E-state index < -0.39 is 0 Å². The molecule has 0 saturated carbocycles. The van der Waals surface area contributed by atoms with Crippen LogP contribution in [0.1, 0.15) is 55.6 Å². The van der Waals surface area contributed by atoms with E-state index in [1.807, 2.05) is 251 Å². The first kappa shape index (κ1) is 95.5. The number of hydrogen-bond donors (Lipinski definition) is 0. The van der Waals surface area contributed by atoms with Crippen LogP contribution in [-0.4, -0.2) is 39.9 Å². The minimum absolute atomic E-state index is 0. The number of rotatable bonds is 8. The van der Waals surface area contributed by atoms with Gasteiger partial charge < -0.3 is 39.9 Å². The molecule has 11 aromatic carbocycles. The first-order valence-electron chi connectivity index (χ1n) is 39.1. The van der Waals surface area contributed by atoms with Crippen LogP contribution in [0.2, 0.25) is 0 Å². The van der Waals surface area contributed by atoms with Crippen LogP contribution in [-0.2, 0) is 80.4 Å². The van der Waals surface area contributed by atoms with Crippen LogP contribution in [0.25, 0.3) is 122 Å². The van der Waals surface area contributed by atoms with Crippen molar-refractivity contribution in [2.45, 2.75) is 69.2 Å². The van der Waals surface area contributed by atoms with E-state index in [4.69, 9.17) is 0 Å². The zero-order chi connectivity index (χ0) is 82.2. The van der Waals surface area contributed by atoms with Gasteiger partial charge in [0, 0.05) is 130 Å². The number of pyridine rings is 8. The molecular weight excluding hydrogens is 2200 g/mol. The summed E-state index contributed by atoms with van der Waals surface area (Å²) in [5, 5.41) is 7.18. The van der Waals surface area contributed by atoms with Gasteiger partial charge in [0.1, 0.15) is 0 Å². The number of benzene rings is 11. The summed E-state index contributed by atoms with van der Waals surface area (Å²) < 4.78 is 0. The van der Waals surface area contributed by atoms with Gasteiger partial charge in [-0.25, -0.2) is 0 Å². The first-order valence-corrected chi connectivity index (χ1v) is 39.1. The third-order valence-electron chi connectivity index (χ3n) is 18.6. The summed E-state index contributed by atoms with van der Waals surface area (Å²) in [5.41, 5.74) is 28.6. The van der Waals surface area contributed by atoms with Crippen molar-refractivity contribution in [2.75, 3.05) is 0 Å². The van der Waals surface area contributed by atoms with E-state index in [2.05, 4.69) is 259 Å². The quantitative estimate of drug-likeness (QED) is 0.139. The van der Waals surface area contributed by atoms with Gasteiger partial charge >= 0.3 is 0 Å². The van der Waals surface area contributed by atoms with Gasteiger partial charge in [0.15, 0.2) is 0 Å². The molecule has 614 valence electrons. The fraction of sp³-hybridized carbons (Fsp3) is 0.0909. The van der Waals surface area contributed by atoms with Crippen molar-refractivity contribution in [3.05, 3.63) is 469 Å². The van der Waals surface area contributed by atoms with Crippen molar-refractivity contribution in [1.29, 1.82) is 0 Å². The summed E-state index contributed by atoms with van der Waals surface area (Å²) in [7, 11) is 0. The second-order valence-corrected chi connectivity index (χ2v) is 28.5.